The molecule has 1 unspecified atom stereocenters. The van der Waals surface area contributed by atoms with Crippen molar-refractivity contribution >= 4 is 19.9 Å². The molecule has 1 atom stereocenters. The van der Waals surface area contributed by atoms with Gasteiger partial charge in [0.1, 0.15) is 5.82 Å². The zero-order valence-electron chi connectivity index (χ0n) is 10.1. The summed E-state index contributed by atoms with van der Waals surface area (Å²) in [5.41, 5.74) is 0. The lowest BCUT2D eigenvalue weighted by Gasteiger charge is -2.31. The van der Waals surface area contributed by atoms with Crippen molar-refractivity contribution in [3.05, 3.63) is 12.0 Å². The van der Waals surface area contributed by atoms with E-state index in [2.05, 4.69) is 9.97 Å². The van der Waals surface area contributed by atoms with Gasteiger partial charge in [0.25, 0.3) is 10.0 Å². The van der Waals surface area contributed by atoms with Crippen LogP contribution in [0.25, 0.3) is 0 Å². The second-order valence-corrected chi connectivity index (χ2v) is 8.50. The lowest BCUT2D eigenvalue weighted by molar-refractivity contribution is 0.355. The van der Waals surface area contributed by atoms with Crippen LogP contribution < -0.4 is 0 Å². The van der Waals surface area contributed by atoms with Gasteiger partial charge < -0.3 is 4.98 Å². The first-order valence-corrected chi connectivity index (χ1v) is 8.72. The van der Waals surface area contributed by atoms with Crippen molar-refractivity contribution in [2.24, 2.45) is 0 Å². The Kier molecular flexibility index (Phi) is 3.24. The van der Waals surface area contributed by atoms with E-state index in [4.69, 9.17) is 0 Å². The Labute approximate surface area is 106 Å². The van der Waals surface area contributed by atoms with Crippen molar-refractivity contribution < 1.29 is 16.8 Å². The number of aryl methyl sites for hydroxylation is 1. The number of aromatic amines is 1. The van der Waals surface area contributed by atoms with Gasteiger partial charge in [0.2, 0.25) is 0 Å². The molecular weight excluding hydrogens is 278 g/mol. The van der Waals surface area contributed by atoms with Gasteiger partial charge in [0.15, 0.2) is 14.9 Å². The van der Waals surface area contributed by atoms with Crippen LogP contribution in [-0.2, 0) is 19.9 Å². The van der Waals surface area contributed by atoms with Crippen molar-refractivity contribution in [2.75, 3.05) is 18.1 Å². The fraction of sp³-hybridized carbons (Fsp3) is 0.667. The Morgan fingerprint density at radius 2 is 2.17 bits per heavy atom. The normalized spacial score (nSPS) is 25.1. The molecule has 0 radical (unpaired) electrons. The smallest absolute Gasteiger partial charge is 0.260 e. The summed E-state index contributed by atoms with van der Waals surface area (Å²) >= 11 is 0. The summed E-state index contributed by atoms with van der Waals surface area (Å²) in [7, 11) is -6.82. The van der Waals surface area contributed by atoms with E-state index >= 15 is 0 Å². The Hall–Kier alpha value is -0.930. The molecule has 2 rings (SSSR count). The number of hydrogen-bond donors (Lipinski definition) is 1. The average Bonchev–Trinajstić information content (AvgIpc) is 2.63. The molecule has 1 aromatic rings. The van der Waals surface area contributed by atoms with Gasteiger partial charge in [-0.1, -0.05) is 0 Å². The highest BCUT2D eigenvalue weighted by Gasteiger charge is 2.37. The first-order valence-electron chi connectivity index (χ1n) is 5.46. The quantitative estimate of drug-likeness (QED) is 0.794. The van der Waals surface area contributed by atoms with Crippen molar-refractivity contribution in [2.45, 2.75) is 24.9 Å². The third kappa shape index (κ3) is 2.43. The molecule has 0 aromatic carbocycles. The zero-order valence-corrected chi connectivity index (χ0v) is 11.8. The highest BCUT2D eigenvalue weighted by Crippen LogP contribution is 2.20. The molecule has 0 amide bonds. The Morgan fingerprint density at radius 3 is 2.67 bits per heavy atom. The Morgan fingerprint density at radius 1 is 1.50 bits per heavy atom. The van der Waals surface area contributed by atoms with Gasteiger partial charge in [-0.3, -0.25) is 0 Å². The van der Waals surface area contributed by atoms with Gasteiger partial charge in [0.05, 0.1) is 17.7 Å². The van der Waals surface area contributed by atoms with Gasteiger partial charge in [-0.25, -0.2) is 21.8 Å². The van der Waals surface area contributed by atoms with Gasteiger partial charge in [-0.05, 0) is 13.8 Å². The third-order valence-corrected chi connectivity index (χ3v) is 6.59. The van der Waals surface area contributed by atoms with Crippen LogP contribution >= 0.6 is 0 Å². The maximum Gasteiger partial charge on any atom is 0.260 e. The molecule has 1 saturated heterocycles. The van der Waals surface area contributed by atoms with Crippen LogP contribution in [0.3, 0.4) is 0 Å². The summed E-state index contributed by atoms with van der Waals surface area (Å²) in [6.45, 7) is 3.24. The molecule has 0 aliphatic carbocycles. The van der Waals surface area contributed by atoms with E-state index in [0.29, 0.717) is 5.82 Å². The number of H-pyrrole nitrogens is 1. The number of sulfone groups is 1. The summed E-state index contributed by atoms with van der Waals surface area (Å²) < 4.78 is 48.6. The largest absolute Gasteiger partial charge is 0.332 e. The van der Waals surface area contributed by atoms with E-state index in [1.807, 2.05) is 0 Å². The summed E-state index contributed by atoms with van der Waals surface area (Å²) in [5.74, 6) is 0.231. The van der Waals surface area contributed by atoms with E-state index in [1.54, 1.807) is 13.8 Å². The molecule has 7 nitrogen and oxygen atoms in total. The Balaban J connectivity index is 2.32. The SMILES string of the molecule is Cc1ncc(S(=O)(=O)N2CCS(=O)(=O)CC2C)[nH]1. The standard InChI is InChI=1S/C9H15N3O4S2/c1-7-6-17(13,14)4-3-12(7)18(15,16)9-5-10-8(2)11-9/h5,7H,3-4,6H2,1-2H3,(H,10,11). The van der Waals surface area contributed by atoms with Crippen LogP contribution in [0.1, 0.15) is 12.7 Å². The van der Waals surface area contributed by atoms with Crippen molar-refractivity contribution in [3.8, 4) is 0 Å². The van der Waals surface area contributed by atoms with E-state index in [0.717, 1.165) is 0 Å². The Bertz CT molecular complexity index is 647. The summed E-state index contributed by atoms with van der Waals surface area (Å²) in [5, 5.41) is 0.00569. The average molecular weight is 293 g/mol. The number of rotatable bonds is 2. The number of nitrogens with one attached hydrogen (secondary N) is 1. The molecule has 0 spiro atoms. The summed E-state index contributed by atoms with van der Waals surface area (Å²) in [6, 6.07) is -0.558. The van der Waals surface area contributed by atoms with Crippen molar-refractivity contribution in [3.63, 3.8) is 0 Å². The topological polar surface area (TPSA) is 100 Å². The lowest BCUT2D eigenvalue weighted by atomic mass is 10.4. The predicted octanol–water partition coefficient (Wildman–Crippen LogP) is -0.474. The second kappa shape index (κ2) is 4.32. The van der Waals surface area contributed by atoms with Crippen LogP contribution in [0, 0.1) is 6.92 Å². The third-order valence-electron chi connectivity index (χ3n) is 2.88. The van der Waals surface area contributed by atoms with Gasteiger partial charge in [-0.15, -0.1) is 0 Å². The van der Waals surface area contributed by atoms with Gasteiger partial charge in [0, 0.05) is 12.6 Å². The number of nitrogens with zero attached hydrogens (tertiary/aromatic N) is 2. The number of aromatic nitrogens is 2. The van der Waals surface area contributed by atoms with Crippen LogP contribution in [0.15, 0.2) is 11.2 Å². The van der Waals surface area contributed by atoms with Crippen molar-refractivity contribution in [1.29, 1.82) is 0 Å². The first-order chi connectivity index (χ1) is 8.22. The van der Waals surface area contributed by atoms with Gasteiger partial charge >= 0.3 is 0 Å². The van der Waals surface area contributed by atoms with Crippen LogP contribution in [0.5, 0.6) is 0 Å². The number of sulfonamides is 1. The zero-order chi connectivity index (χ0) is 13.6. The highest BCUT2D eigenvalue weighted by molar-refractivity contribution is 7.92. The molecule has 0 bridgehead atoms. The second-order valence-electron chi connectivity index (χ2n) is 4.41. The molecule has 9 heteroatoms. The first kappa shape index (κ1) is 13.5. The maximum atomic E-state index is 12.3. The monoisotopic (exact) mass is 293 g/mol. The molecule has 1 aromatic heterocycles. The molecule has 1 N–H and O–H groups in total. The van der Waals surface area contributed by atoms with Gasteiger partial charge in [-0.2, -0.15) is 4.31 Å². The molecule has 18 heavy (non-hydrogen) atoms. The molecule has 2 heterocycles. The molecule has 1 fully saturated rings. The molecule has 1 aliphatic heterocycles. The fourth-order valence-electron chi connectivity index (χ4n) is 2.00. The minimum Gasteiger partial charge on any atom is -0.332 e. The number of hydrogen-bond acceptors (Lipinski definition) is 5. The van der Waals surface area contributed by atoms with E-state index in [9.17, 15) is 16.8 Å². The van der Waals surface area contributed by atoms with Crippen LogP contribution in [0.2, 0.25) is 0 Å². The van der Waals surface area contributed by atoms with Crippen LogP contribution in [0.4, 0.5) is 0 Å². The van der Waals surface area contributed by atoms with E-state index in [-0.39, 0.29) is 23.1 Å². The lowest BCUT2D eigenvalue weighted by Crippen LogP contribution is -2.49. The minimum absolute atomic E-state index is 0.00569. The molecular formula is C9H15N3O4S2. The summed E-state index contributed by atoms with van der Waals surface area (Å²) in [4.78, 5) is 6.52. The maximum absolute atomic E-state index is 12.3. The van der Waals surface area contributed by atoms with Crippen molar-refractivity contribution in [1.82, 2.24) is 14.3 Å². The summed E-state index contributed by atoms with van der Waals surface area (Å²) in [6.07, 6.45) is 1.25. The highest BCUT2D eigenvalue weighted by atomic mass is 32.2. The fourth-order valence-corrected chi connectivity index (χ4v) is 5.36. The van der Waals surface area contributed by atoms with E-state index in [1.165, 1.54) is 10.5 Å². The number of imidazole rings is 1. The minimum atomic E-state index is -3.69. The molecule has 0 saturated carbocycles. The molecule has 102 valence electrons. The van der Waals surface area contributed by atoms with Crippen LogP contribution in [-0.4, -0.2) is 55.2 Å². The molecule has 1 aliphatic rings. The van der Waals surface area contributed by atoms with E-state index < -0.39 is 25.9 Å². The predicted molar refractivity (Wildman–Crippen MR) is 65.3 cm³/mol.